The molecule has 2 amide bonds. The molecule has 0 saturated heterocycles. The van der Waals surface area contributed by atoms with Crippen LogP contribution in [-0.4, -0.2) is 18.4 Å². The molecule has 0 fully saturated rings. The van der Waals surface area contributed by atoms with Gasteiger partial charge >= 0.3 is 0 Å². The Kier molecular flexibility index (Phi) is 5.78. The molecule has 7 heteroatoms. The third-order valence-electron chi connectivity index (χ3n) is 2.58. The van der Waals surface area contributed by atoms with E-state index in [1.165, 1.54) is 0 Å². The van der Waals surface area contributed by atoms with Gasteiger partial charge in [0.05, 0.1) is 16.9 Å². The van der Waals surface area contributed by atoms with Crippen LogP contribution in [0.2, 0.25) is 5.02 Å². The van der Waals surface area contributed by atoms with Gasteiger partial charge in [0.1, 0.15) is 0 Å². The average Bonchev–Trinajstić information content (AvgIpc) is 2.88. The lowest BCUT2D eigenvalue weighted by Gasteiger charge is -2.06. The van der Waals surface area contributed by atoms with Crippen molar-refractivity contribution >= 4 is 50.7 Å². The molecule has 0 saturated carbocycles. The SMILES string of the molecule is O=C(CNC(=O)c1cccc(Cl)c1)NCc1ccc(Br)s1. The smallest absolute Gasteiger partial charge is 0.251 e. The van der Waals surface area contributed by atoms with E-state index in [9.17, 15) is 9.59 Å². The monoisotopic (exact) mass is 386 g/mol. The van der Waals surface area contributed by atoms with Crippen molar-refractivity contribution in [3.8, 4) is 0 Å². The summed E-state index contributed by atoms with van der Waals surface area (Å²) in [6.45, 7) is 0.375. The maximum Gasteiger partial charge on any atom is 0.251 e. The van der Waals surface area contributed by atoms with Gasteiger partial charge in [0.25, 0.3) is 5.91 Å². The first-order valence-corrected chi connectivity index (χ1v) is 8.08. The van der Waals surface area contributed by atoms with Crippen molar-refractivity contribution in [2.75, 3.05) is 6.54 Å². The van der Waals surface area contributed by atoms with Gasteiger partial charge in [0.2, 0.25) is 5.91 Å². The molecule has 0 spiro atoms. The van der Waals surface area contributed by atoms with Crippen LogP contribution >= 0.6 is 38.9 Å². The molecular formula is C14H12BrClN2O2S. The minimum Gasteiger partial charge on any atom is -0.350 e. The largest absolute Gasteiger partial charge is 0.350 e. The first kappa shape index (κ1) is 16.0. The fourth-order valence-corrected chi connectivity index (χ4v) is 3.20. The molecular weight excluding hydrogens is 376 g/mol. The highest BCUT2D eigenvalue weighted by Crippen LogP contribution is 2.21. The molecule has 0 radical (unpaired) electrons. The highest BCUT2D eigenvalue weighted by molar-refractivity contribution is 9.11. The number of carbonyl (C=O) groups is 2. The molecule has 4 nitrogen and oxygen atoms in total. The summed E-state index contributed by atoms with van der Waals surface area (Å²) in [6, 6.07) is 10.4. The van der Waals surface area contributed by atoms with E-state index < -0.39 is 0 Å². The van der Waals surface area contributed by atoms with E-state index in [2.05, 4.69) is 26.6 Å². The van der Waals surface area contributed by atoms with Gasteiger partial charge in [-0.1, -0.05) is 17.7 Å². The predicted molar refractivity (Wildman–Crippen MR) is 87.7 cm³/mol. The number of halogens is 2. The Morgan fingerprint density at radius 3 is 2.67 bits per heavy atom. The summed E-state index contributed by atoms with van der Waals surface area (Å²) in [5.41, 5.74) is 0.428. The quantitative estimate of drug-likeness (QED) is 0.827. The van der Waals surface area contributed by atoms with Crippen LogP contribution < -0.4 is 10.6 Å². The van der Waals surface area contributed by atoms with Crippen molar-refractivity contribution in [1.29, 1.82) is 0 Å². The molecule has 0 aliphatic rings. The van der Waals surface area contributed by atoms with Crippen molar-refractivity contribution in [3.63, 3.8) is 0 Å². The van der Waals surface area contributed by atoms with E-state index in [1.807, 2.05) is 12.1 Å². The Hall–Kier alpha value is -1.37. The van der Waals surface area contributed by atoms with E-state index in [0.29, 0.717) is 17.1 Å². The van der Waals surface area contributed by atoms with Gasteiger partial charge < -0.3 is 10.6 Å². The van der Waals surface area contributed by atoms with Crippen LogP contribution in [-0.2, 0) is 11.3 Å². The second kappa shape index (κ2) is 7.59. The van der Waals surface area contributed by atoms with Crippen molar-refractivity contribution in [2.45, 2.75) is 6.54 Å². The summed E-state index contributed by atoms with van der Waals surface area (Å²) < 4.78 is 1.01. The van der Waals surface area contributed by atoms with E-state index in [0.717, 1.165) is 8.66 Å². The van der Waals surface area contributed by atoms with Crippen LogP contribution in [0.15, 0.2) is 40.2 Å². The highest BCUT2D eigenvalue weighted by atomic mass is 79.9. The Morgan fingerprint density at radius 1 is 1.19 bits per heavy atom. The highest BCUT2D eigenvalue weighted by Gasteiger charge is 2.08. The molecule has 0 aliphatic heterocycles. The molecule has 2 aromatic rings. The zero-order chi connectivity index (χ0) is 15.2. The van der Waals surface area contributed by atoms with Gasteiger partial charge in [-0.15, -0.1) is 11.3 Å². The maximum absolute atomic E-state index is 11.8. The molecule has 0 bridgehead atoms. The number of hydrogen-bond acceptors (Lipinski definition) is 3. The summed E-state index contributed by atoms with van der Waals surface area (Å²) in [5, 5.41) is 5.77. The van der Waals surface area contributed by atoms with Crippen molar-refractivity contribution in [2.24, 2.45) is 0 Å². The standard InChI is InChI=1S/C14H12BrClN2O2S/c15-12-5-4-11(21-12)7-17-13(19)8-18-14(20)9-2-1-3-10(16)6-9/h1-6H,7-8H2,(H,17,19)(H,18,20). The summed E-state index contributed by atoms with van der Waals surface area (Å²) in [6.07, 6.45) is 0. The minimum absolute atomic E-state index is 0.0715. The van der Waals surface area contributed by atoms with Gasteiger partial charge in [-0.25, -0.2) is 0 Å². The van der Waals surface area contributed by atoms with Gasteiger partial charge in [-0.05, 0) is 46.3 Å². The lowest BCUT2D eigenvalue weighted by atomic mass is 10.2. The lowest BCUT2D eigenvalue weighted by molar-refractivity contribution is -0.120. The normalized spacial score (nSPS) is 10.2. The van der Waals surface area contributed by atoms with Crippen LogP contribution in [0.25, 0.3) is 0 Å². The van der Waals surface area contributed by atoms with Gasteiger partial charge in [-0.2, -0.15) is 0 Å². The van der Waals surface area contributed by atoms with Crippen molar-refractivity contribution < 1.29 is 9.59 Å². The van der Waals surface area contributed by atoms with Gasteiger partial charge in [0.15, 0.2) is 0 Å². The summed E-state index contributed by atoms with van der Waals surface area (Å²) in [4.78, 5) is 24.5. The summed E-state index contributed by atoms with van der Waals surface area (Å²) >= 11 is 10.7. The molecule has 1 aromatic carbocycles. The second-order valence-electron chi connectivity index (χ2n) is 4.18. The third-order valence-corrected chi connectivity index (χ3v) is 4.44. The Bertz CT molecular complexity index is 660. The summed E-state index contributed by atoms with van der Waals surface area (Å²) in [7, 11) is 0. The molecule has 2 N–H and O–H groups in total. The van der Waals surface area contributed by atoms with E-state index in [-0.39, 0.29) is 18.4 Å². The fourth-order valence-electron chi connectivity index (χ4n) is 1.59. The van der Waals surface area contributed by atoms with Crippen molar-refractivity contribution in [1.82, 2.24) is 10.6 Å². The van der Waals surface area contributed by atoms with Crippen LogP contribution in [0.4, 0.5) is 0 Å². The Balaban J connectivity index is 1.77. The number of rotatable bonds is 5. The number of hydrogen-bond donors (Lipinski definition) is 2. The van der Waals surface area contributed by atoms with Crippen LogP contribution in [0.3, 0.4) is 0 Å². The van der Waals surface area contributed by atoms with E-state index in [4.69, 9.17) is 11.6 Å². The van der Waals surface area contributed by atoms with E-state index >= 15 is 0 Å². The second-order valence-corrected chi connectivity index (χ2v) is 7.16. The molecule has 110 valence electrons. The zero-order valence-corrected chi connectivity index (χ0v) is 14.0. The zero-order valence-electron chi connectivity index (χ0n) is 10.9. The van der Waals surface area contributed by atoms with Crippen LogP contribution in [0.1, 0.15) is 15.2 Å². The number of benzene rings is 1. The summed E-state index contributed by atoms with van der Waals surface area (Å²) in [5.74, 6) is -0.568. The van der Waals surface area contributed by atoms with Gasteiger partial charge in [-0.3, -0.25) is 9.59 Å². The number of carbonyl (C=O) groups excluding carboxylic acids is 2. The van der Waals surface area contributed by atoms with Crippen LogP contribution in [0, 0.1) is 0 Å². The first-order chi connectivity index (χ1) is 10.0. The van der Waals surface area contributed by atoms with Crippen molar-refractivity contribution in [3.05, 3.63) is 55.6 Å². The average molecular weight is 388 g/mol. The number of thiophene rings is 1. The molecule has 0 atom stereocenters. The van der Waals surface area contributed by atoms with E-state index in [1.54, 1.807) is 35.6 Å². The van der Waals surface area contributed by atoms with Crippen LogP contribution in [0.5, 0.6) is 0 Å². The van der Waals surface area contributed by atoms with Gasteiger partial charge in [0, 0.05) is 15.5 Å². The molecule has 0 aliphatic carbocycles. The third kappa shape index (κ3) is 5.15. The maximum atomic E-state index is 11.8. The fraction of sp³-hybridized carbons (Fsp3) is 0.143. The Morgan fingerprint density at radius 2 is 2.00 bits per heavy atom. The molecule has 21 heavy (non-hydrogen) atoms. The molecule has 2 rings (SSSR count). The topological polar surface area (TPSA) is 58.2 Å². The molecule has 0 unspecified atom stereocenters. The minimum atomic E-state index is -0.327. The number of amides is 2. The predicted octanol–water partition coefficient (Wildman–Crippen LogP) is 3.21. The lowest BCUT2D eigenvalue weighted by Crippen LogP contribution is -2.36. The first-order valence-electron chi connectivity index (χ1n) is 6.09. The molecule has 1 heterocycles. The Labute approximate surface area is 139 Å². The molecule has 1 aromatic heterocycles. The number of nitrogens with one attached hydrogen (secondary N) is 2.